The van der Waals surface area contributed by atoms with Crippen molar-refractivity contribution in [3.63, 3.8) is 0 Å². The first-order chi connectivity index (χ1) is 14.0. The number of amides is 1. The van der Waals surface area contributed by atoms with Gasteiger partial charge < -0.3 is 26.2 Å². The third kappa shape index (κ3) is 2.38. The maximum Gasteiger partial charge on any atom is 0.255 e. The van der Waals surface area contributed by atoms with E-state index in [2.05, 4.69) is 0 Å². The summed E-state index contributed by atoms with van der Waals surface area (Å²) in [6.45, 7) is 1.34. The van der Waals surface area contributed by atoms with E-state index >= 15 is 0 Å². The smallest absolute Gasteiger partial charge is 0.255 e. The Morgan fingerprint density at radius 3 is 2.40 bits per heavy atom. The maximum absolute atomic E-state index is 13.3. The number of phenols is 1. The van der Waals surface area contributed by atoms with Gasteiger partial charge in [-0.2, -0.15) is 0 Å². The third-order valence-corrected chi connectivity index (χ3v) is 6.33. The van der Waals surface area contributed by atoms with Crippen LogP contribution < -0.4 is 5.73 Å². The second kappa shape index (κ2) is 6.27. The number of hydrogen-bond donors (Lipinski definition) is 5. The normalized spacial score (nSPS) is 28.1. The Balaban J connectivity index is 1.96. The molecule has 1 fully saturated rings. The molecule has 3 atom stereocenters. The average molecular weight is 413 g/mol. The molecule has 30 heavy (non-hydrogen) atoms. The Morgan fingerprint density at radius 1 is 1.13 bits per heavy atom. The van der Waals surface area contributed by atoms with Gasteiger partial charge in [0.2, 0.25) is 5.78 Å². The number of primary amides is 1. The minimum atomic E-state index is -2.59. The number of benzene rings is 1. The van der Waals surface area contributed by atoms with Crippen LogP contribution >= 0.6 is 0 Å². The monoisotopic (exact) mass is 413 g/mol. The summed E-state index contributed by atoms with van der Waals surface area (Å²) >= 11 is 0. The molecule has 1 aromatic rings. The van der Waals surface area contributed by atoms with E-state index in [0.717, 1.165) is 0 Å². The number of ketones is 3. The van der Waals surface area contributed by atoms with Crippen molar-refractivity contribution in [2.24, 2.45) is 17.6 Å². The number of nitrogens with two attached hydrogens (primary N) is 1. The first kappa shape index (κ1) is 19.8. The van der Waals surface area contributed by atoms with E-state index in [9.17, 15) is 39.6 Å². The van der Waals surface area contributed by atoms with Crippen LogP contribution in [0.25, 0.3) is 5.76 Å². The minimum absolute atomic E-state index is 0.0237. The number of phenolic OH excluding ortho intramolecular Hbond substituents is 1. The van der Waals surface area contributed by atoms with Gasteiger partial charge in [0.1, 0.15) is 22.8 Å². The Kier molecular flexibility index (Phi) is 4.14. The van der Waals surface area contributed by atoms with Crippen molar-refractivity contribution in [2.75, 3.05) is 0 Å². The third-order valence-electron chi connectivity index (χ3n) is 6.33. The molecule has 0 unspecified atom stereocenters. The number of aliphatic hydroxyl groups excluding tert-OH is 2. The second-order valence-corrected chi connectivity index (χ2v) is 7.95. The number of carbonyl (C=O) groups is 4. The molecule has 9 nitrogen and oxygen atoms in total. The molecule has 0 aromatic heterocycles. The molecule has 9 heteroatoms. The number of hydrogen-bond acceptors (Lipinski definition) is 8. The average Bonchev–Trinajstić information content (AvgIpc) is 2.64. The molecule has 3 aliphatic rings. The van der Waals surface area contributed by atoms with Crippen LogP contribution in [-0.4, -0.2) is 49.3 Å². The van der Waals surface area contributed by atoms with Crippen LogP contribution in [0.15, 0.2) is 29.0 Å². The number of aromatic hydroxyl groups is 1. The van der Waals surface area contributed by atoms with Gasteiger partial charge in [-0.3, -0.25) is 19.2 Å². The molecule has 0 spiro atoms. The molecule has 156 valence electrons. The molecule has 0 aliphatic heterocycles. The lowest BCUT2D eigenvalue weighted by Gasteiger charge is -2.46. The van der Waals surface area contributed by atoms with E-state index < -0.39 is 52.0 Å². The molecule has 0 bridgehead atoms. The Hall–Kier alpha value is -3.46. The fourth-order valence-corrected chi connectivity index (χ4v) is 4.95. The van der Waals surface area contributed by atoms with Crippen LogP contribution in [0.4, 0.5) is 0 Å². The van der Waals surface area contributed by atoms with Gasteiger partial charge in [-0.1, -0.05) is 0 Å². The topological polar surface area (TPSA) is 175 Å². The Labute approximate surface area is 170 Å². The molecular weight excluding hydrogens is 394 g/mol. The lowest BCUT2D eigenvalue weighted by atomic mass is 9.59. The van der Waals surface area contributed by atoms with Crippen LogP contribution in [0, 0.1) is 11.8 Å². The Bertz CT molecular complexity index is 1130. The number of rotatable bonds is 2. The van der Waals surface area contributed by atoms with E-state index in [1.54, 1.807) is 0 Å². The zero-order valence-electron chi connectivity index (χ0n) is 15.9. The number of carbonyl (C=O) groups excluding carboxylic acids is 4. The van der Waals surface area contributed by atoms with E-state index in [0.29, 0.717) is 5.56 Å². The molecule has 0 heterocycles. The summed E-state index contributed by atoms with van der Waals surface area (Å²) in [5.41, 5.74) is 2.03. The largest absolute Gasteiger partial charge is 0.508 e. The molecule has 1 aromatic carbocycles. The quantitative estimate of drug-likeness (QED) is 0.346. The van der Waals surface area contributed by atoms with E-state index in [-0.39, 0.29) is 47.5 Å². The molecule has 0 radical (unpaired) electrons. The van der Waals surface area contributed by atoms with Gasteiger partial charge in [-0.05, 0) is 43.4 Å². The van der Waals surface area contributed by atoms with Crippen LogP contribution in [0.5, 0.6) is 5.75 Å². The van der Waals surface area contributed by atoms with Gasteiger partial charge in [0.25, 0.3) is 5.91 Å². The van der Waals surface area contributed by atoms with Crippen molar-refractivity contribution in [2.45, 2.75) is 31.8 Å². The van der Waals surface area contributed by atoms with Crippen molar-refractivity contribution in [1.82, 2.24) is 0 Å². The van der Waals surface area contributed by atoms with E-state index in [4.69, 9.17) is 5.73 Å². The highest BCUT2D eigenvalue weighted by Gasteiger charge is 2.60. The van der Waals surface area contributed by atoms with Crippen LogP contribution in [0.1, 0.15) is 41.3 Å². The fraction of sp³-hybridized carbons (Fsp3) is 0.333. The molecule has 3 aliphatic carbocycles. The highest BCUT2D eigenvalue weighted by atomic mass is 16.3. The van der Waals surface area contributed by atoms with Crippen molar-refractivity contribution in [3.05, 3.63) is 45.7 Å². The predicted molar refractivity (Wildman–Crippen MR) is 101 cm³/mol. The highest BCUT2D eigenvalue weighted by Crippen LogP contribution is 2.52. The summed E-state index contributed by atoms with van der Waals surface area (Å²) in [6, 6.07) is 2.65. The van der Waals surface area contributed by atoms with E-state index in [1.165, 1.54) is 19.1 Å². The van der Waals surface area contributed by atoms with Crippen molar-refractivity contribution in [1.29, 1.82) is 0 Å². The number of fused-ring (bicyclic) bond motifs is 3. The lowest BCUT2D eigenvalue weighted by Crippen LogP contribution is -2.58. The van der Waals surface area contributed by atoms with Gasteiger partial charge >= 0.3 is 0 Å². The fourth-order valence-electron chi connectivity index (χ4n) is 4.95. The van der Waals surface area contributed by atoms with Crippen LogP contribution in [0.3, 0.4) is 0 Å². The van der Waals surface area contributed by atoms with Gasteiger partial charge in [0, 0.05) is 23.5 Å². The SMILES string of the molecule is CC(=O)c1ccc(O)c2c1C[C@H]1C[C@H]3CC(=O)C(C(N)=O)=C(O)[C@@]3(O)C(=O)C1=C2O. The summed E-state index contributed by atoms with van der Waals surface area (Å²) < 4.78 is 0. The van der Waals surface area contributed by atoms with E-state index in [1.807, 2.05) is 0 Å². The minimum Gasteiger partial charge on any atom is -0.508 e. The van der Waals surface area contributed by atoms with Crippen molar-refractivity contribution in [3.8, 4) is 5.75 Å². The molecule has 1 saturated carbocycles. The second-order valence-electron chi connectivity index (χ2n) is 7.95. The summed E-state index contributed by atoms with van der Waals surface area (Å²) in [5, 5.41) is 42.7. The highest BCUT2D eigenvalue weighted by molar-refractivity contribution is 6.22. The molecule has 1 amide bonds. The van der Waals surface area contributed by atoms with Crippen LogP contribution in [0.2, 0.25) is 0 Å². The van der Waals surface area contributed by atoms with Crippen molar-refractivity contribution < 1.29 is 39.6 Å². The maximum atomic E-state index is 13.3. The van der Waals surface area contributed by atoms with Crippen LogP contribution in [-0.2, 0) is 20.8 Å². The number of aliphatic hydroxyl groups is 3. The van der Waals surface area contributed by atoms with Gasteiger partial charge in [-0.25, -0.2) is 0 Å². The van der Waals surface area contributed by atoms with Gasteiger partial charge in [0.15, 0.2) is 17.2 Å². The first-order valence-electron chi connectivity index (χ1n) is 9.33. The Morgan fingerprint density at radius 2 is 1.80 bits per heavy atom. The number of Topliss-reactive ketones (excluding diaryl/α,β-unsaturated/α-hetero) is 3. The molecule has 0 saturated heterocycles. The van der Waals surface area contributed by atoms with Gasteiger partial charge in [0.05, 0.1) is 5.56 Å². The first-order valence-corrected chi connectivity index (χ1v) is 9.33. The summed E-state index contributed by atoms with van der Waals surface area (Å²) in [7, 11) is 0. The zero-order chi connectivity index (χ0) is 22.1. The lowest BCUT2D eigenvalue weighted by molar-refractivity contribution is -0.147. The van der Waals surface area contributed by atoms with Crippen molar-refractivity contribution >= 4 is 29.0 Å². The molecule has 6 N–H and O–H groups in total. The molecule has 4 rings (SSSR count). The summed E-state index contributed by atoms with van der Waals surface area (Å²) in [5.74, 6) is -7.18. The standard InChI is InChI=1S/C21H19NO8/c1-7(23)10-2-3-12(24)15-11(10)5-8-4-9-6-13(25)16(20(22)29)19(28)21(9,30)18(27)14(8)17(15)26/h2-3,8-9,24,26,28,30H,4-6H2,1H3,(H2,22,29)/t8-,9+,21+/m1/s1. The predicted octanol–water partition coefficient (Wildman–Crippen LogP) is 0.627. The summed E-state index contributed by atoms with van der Waals surface area (Å²) in [4.78, 5) is 49.2. The summed E-state index contributed by atoms with van der Waals surface area (Å²) in [6.07, 6.45) is -0.255. The zero-order valence-corrected chi connectivity index (χ0v) is 15.9. The van der Waals surface area contributed by atoms with Gasteiger partial charge in [-0.15, -0.1) is 0 Å². The molecular formula is C21H19NO8.